The molecule has 22 heavy (non-hydrogen) atoms. The van der Waals surface area contributed by atoms with Gasteiger partial charge in [-0.05, 0) is 31.5 Å². The van der Waals surface area contributed by atoms with Crippen molar-refractivity contribution in [2.24, 2.45) is 0 Å². The van der Waals surface area contributed by atoms with E-state index in [0.29, 0.717) is 12.4 Å². The van der Waals surface area contributed by atoms with Gasteiger partial charge in [0.05, 0.1) is 18.8 Å². The molecule has 7 nitrogen and oxygen atoms in total. The quantitative estimate of drug-likeness (QED) is 0.693. The highest BCUT2D eigenvalue weighted by atomic mass is 16.4. The van der Waals surface area contributed by atoms with E-state index in [1.807, 2.05) is 30.5 Å². The van der Waals surface area contributed by atoms with E-state index in [-0.39, 0.29) is 6.54 Å². The molecule has 3 aromatic heterocycles. The SMILES string of the molecule is Cc1c(C)n(Cc2ccco2)c2ncnc([NH2+]CC(=O)[O-])c12. The highest BCUT2D eigenvalue weighted by molar-refractivity contribution is 5.88. The first-order valence-electron chi connectivity index (χ1n) is 6.93. The minimum absolute atomic E-state index is 0.173. The summed E-state index contributed by atoms with van der Waals surface area (Å²) in [5, 5.41) is 13.1. The number of carboxylic acid groups (broad SMARTS) is 1. The summed E-state index contributed by atoms with van der Waals surface area (Å²) in [5.74, 6) is 0.322. The average molecular weight is 300 g/mol. The zero-order valence-electron chi connectivity index (χ0n) is 12.4. The van der Waals surface area contributed by atoms with E-state index in [1.54, 1.807) is 11.6 Å². The summed E-state index contributed by atoms with van der Waals surface area (Å²) in [5.41, 5.74) is 2.85. The van der Waals surface area contributed by atoms with Gasteiger partial charge in [-0.1, -0.05) is 0 Å². The van der Waals surface area contributed by atoms with Gasteiger partial charge in [0, 0.05) is 5.69 Å². The Kier molecular flexibility index (Phi) is 3.64. The van der Waals surface area contributed by atoms with Crippen LogP contribution in [0.15, 0.2) is 29.1 Å². The average Bonchev–Trinajstić information content (AvgIpc) is 3.09. The standard InChI is InChI=1S/C15H16N4O3/c1-9-10(2)19(7-11-4-3-5-22-11)15-13(9)14(17-8-18-15)16-6-12(20)21/h3-5,8H,6-7H2,1-2H3,(H,20,21)(H,16,17,18). The molecule has 0 saturated carbocycles. The zero-order chi connectivity index (χ0) is 15.7. The Morgan fingerprint density at radius 3 is 2.91 bits per heavy atom. The number of quaternary nitrogens is 1. The number of carboxylic acids is 1. The van der Waals surface area contributed by atoms with E-state index in [2.05, 4.69) is 9.97 Å². The minimum Gasteiger partial charge on any atom is -0.544 e. The maximum Gasteiger partial charge on any atom is 0.237 e. The lowest BCUT2D eigenvalue weighted by Crippen LogP contribution is -2.81. The molecule has 0 aliphatic heterocycles. The maximum atomic E-state index is 10.7. The Labute approximate surface area is 126 Å². The summed E-state index contributed by atoms with van der Waals surface area (Å²) in [4.78, 5) is 19.2. The van der Waals surface area contributed by atoms with Gasteiger partial charge in [-0.25, -0.2) is 4.98 Å². The van der Waals surface area contributed by atoms with Gasteiger partial charge in [0.15, 0.2) is 0 Å². The van der Waals surface area contributed by atoms with Crippen LogP contribution in [0.25, 0.3) is 11.0 Å². The fourth-order valence-corrected chi connectivity index (χ4v) is 2.58. The molecule has 0 unspecified atom stereocenters. The molecule has 0 radical (unpaired) electrons. The van der Waals surface area contributed by atoms with Crippen LogP contribution in [-0.2, 0) is 11.3 Å². The van der Waals surface area contributed by atoms with Crippen LogP contribution in [0.5, 0.6) is 0 Å². The third-order valence-electron chi connectivity index (χ3n) is 3.79. The van der Waals surface area contributed by atoms with Crippen LogP contribution in [0, 0.1) is 13.8 Å². The number of rotatable bonds is 5. The third kappa shape index (κ3) is 2.46. The molecule has 7 heteroatoms. The van der Waals surface area contributed by atoms with E-state index < -0.39 is 5.97 Å². The Morgan fingerprint density at radius 2 is 2.23 bits per heavy atom. The zero-order valence-corrected chi connectivity index (χ0v) is 12.4. The van der Waals surface area contributed by atoms with Crippen LogP contribution in [0.4, 0.5) is 5.82 Å². The number of carbonyl (C=O) groups is 1. The second-order valence-corrected chi connectivity index (χ2v) is 5.11. The van der Waals surface area contributed by atoms with Gasteiger partial charge >= 0.3 is 0 Å². The second-order valence-electron chi connectivity index (χ2n) is 5.11. The summed E-state index contributed by atoms with van der Waals surface area (Å²) >= 11 is 0. The maximum absolute atomic E-state index is 10.7. The van der Waals surface area contributed by atoms with Crippen LogP contribution in [-0.4, -0.2) is 27.0 Å². The Hall–Kier alpha value is -2.67. The van der Waals surface area contributed by atoms with Crippen LogP contribution in [0.1, 0.15) is 17.0 Å². The molecule has 3 aromatic rings. The van der Waals surface area contributed by atoms with Crippen LogP contribution in [0.3, 0.4) is 0 Å². The fourth-order valence-electron chi connectivity index (χ4n) is 2.58. The van der Waals surface area contributed by atoms with Crippen LogP contribution < -0.4 is 10.4 Å². The van der Waals surface area contributed by atoms with E-state index in [9.17, 15) is 9.90 Å². The molecule has 0 bridgehead atoms. The first kappa shape index (κ1) is 14.3. The molecule has 0 aliphatic carbocycles. The van der Waals surface area contributed by atoms with Gasteiger partial charge in [0.2, 0.25) is 5.82 Å². The van der Waals surface area contributed by atoms with Crippen molar-refractivity contribution in [2.45, 2.75) is 20.4 Å². The molecule has 3 rings (SSSR count). The smallest absolute Gasteiger partial charge is 0.237 e. The fraction of sp³-hybridized carbons (Fsp3) is 0.267. The predicted molar refractivity (Wildman–Crippen MR) is 76.3 cm³/mol. The third-order valence-corrected chi connectivity index (χ3v) is 3.79. The number of aliphatic carboxylic acids is 1. The first-order valence-corrected chi connectivity index (χ1v) is 6.93. The van der Waals surface area contributed by atoms with E-state index in [1.165, 1.54) is 6.33 Å². The molecule has 0 amide bonds. The van der Waals surface area contributed by atoms with E-state index in [0.717, 1.165) is 28.1 Å². The number of hydrogen-bond acceptors (Lipinski definition) is 5. The van der Waals surface area contributed by atoms with E-state index >= 15 is 0 Å². The number of nitrogens with zero attached hydrogens (tertiary/aromatic N) is 3. The van der Waals surface area contributed by atoms with Crippen molar-refractivity contribution in [1.29, 1.82) is 0 Å². The Balaban J connectivity index is 2.08. The van der Waals surface area contributed by atoms with Crippen molar-refractivity contribution in [3.05, 3.63) is 41.7 Å². The molecule has 0 aliphatic rings. The molecule has 0 spiro atoms. The number of aromatic nitrogens is 3. The highest BCUT2D eigenvalue weighted by Crippen LogP contribution is 2.27. The molecule has 3 heterocycles. The van der Waals surface area contributed by atoms with Gasteiger partial charge in [-0.15, -0.1) is 0 Å². The van der Waals surface area contributed by atoms with Crippen molar-refractivity contribution in [1.82, 2.24) is 14.5 Å². The molecular formula is C15H16N4O3. The highest BCUT2D eigenvalue weighted by Gasteiger charge is 2.19. The molecule has 2 N–H and O–H groups in total. The molecule has 0 saturated heterocycles. The topological polar surface area (TPSA) is 101 Å². The molecule has 0 aromatic carbocycles. The van der Waals surface area contributed by atoms with Crippen LogP contribution >= 0.6 is 0 Å². The predicted octanol–water partition coefficient (Wildman–Crippen LogP) is -0.366. The number of hydrogen-bond donors (Lipinski definition) is 1. The lowest BCUT2D eigenvalue weighted by atomic mass is 10.2. The van der Waals surface area contributed by atoms with Gasteiger partial charge in [-0.2, -0.15) is 4.98 Å². The number of fused-ring (bicyclic) bond motifs is 1. The lowest BCUT2D eigenvalue weighted by Gasteiger charge is -2.05. The number of aryl methyl sites for hydroxylation is 1. The largest absolute Gasteiger partial charge is 0.544 e. The monoisotopic (exact) mass is 300 g/mol. The van der Waals surface area contributed by atoms with Crippen molar-refractivity contribution in [2.75, 3.05) is 6.54 Å². The molecular weight excluding hydrogens is 284 g/mol. The van der Waals surface area contributed by atoms with Gasteiger partial charge in [-0.3, -0.25) is 5.32 Å². The van der Waals surface area contributed by atoms with Crippen LogP contribution in [0.2, 0.25) is 0 Å². The summed E-state index contributed by atoms with van der Waals surface area (Å²) in [7, 11) is 0. The number of nitrogens with two attached hydrogens (primary N) is 1. The molecule has 0 fully saturated rings. The summed E-state index contributed by atoms with van der Waals surface area (Å²) < 4.78 is 7.44. The Morgan fingerprint density at radius 1 is 1.41 bits per heavy atom. The van der Waals surface area contributed by atoms with Crippen molar-refractivity contribution in [3.63, 3.8) is 0 Å². The molecule has 114 valence electrons. The van der Waals surface area contributed by atoms with Gasteiger partial charge in [0.25, 0.3) is 0 Å². The number of carbonyl (C=O) groups excluding carboxylic acids is 1. The van der Waals surface area contributed by atoms with Crippen molar-refractivity contribution < 1.29 is 19.6 Å². The Bertz CT molecular complexity index is 821. The summed E-state index contributed by atoms with van der Waals surface area (Å²) in [6, 6.07) is 3.75. The summed E-state index contributed by atoms with van der Waals surface area (Å²) in [6.07, 6.45) is 3.08. The van der Waals surface area contributed by atoms with Gasteiger partial charge < -0.3 is 18.9 Å². The van der Waals surface area contributed by atoms with Crippen molar-refractivity contribution in [3.8, 4) is 0 Å². The summed E-state index contributed by atoms with van der Waals surface area (Å²) in [6.45, 7) is 4.38. The second kappa shape index (κ2) is 5.61. The minimum atomic E-state index is -1.13. The van der Waals surface area contributed by atoms with Gasteiger partial charge in [0.1, 0.15) is 29.7 Å². The normalized spacial score (nSPS) is 11.2. The lowest BCUT2D eigenvalue weighted by molar-refractivity contribution is -0.571. The number of furan rings is 1. The van der Waals surface area contributed by atoms with Crippen molar-refractivity contribution >= 4 is 22.8 Å². The van der Waals surface area contributed by atoms with E-state index in [4.69, 9.17) is 4.42 Å². The molecule has 0 atom stereocenters. The first-order chi connectivity index (χ1) is 10.6.